The molecule has 7 heterocycles. The van der Waals surface area contributed by atoms with Crippen molar-refractivity contribution in [3.63, 3.8) is 0 Å². The minimum absolute atomic E-state index is 0.0726. The Hall–Kier alpha value is -8.71. The van der Waals surface area contributed by atoms with Crippen LogP contribution in [-0.4, -0.2) is 301 Å². The topological polar surface area (TPSA) is 744 Å². The lowest BCUT2D eigenvalue weighted by atomic mass is 9.97. The molecule has 0 saturated carbocycles. The SMILES string of the molecule is Cc1c(N)nc(C(CC(N)=O)NCC(N)C(N)=O)nc1C(=O)NC(C(=O)NC(C)C(O)CC(=O)NC(C(=O)NC(OC1OC(C)C(N)C(O)C1O)C(O)c1nc(-c2nc(C(=O)NCCCNC(C)c3ccccc3)cs2)cs1)C(C)O)C(OC1OC(CO)C(O)C(O)C1OC1OC(CO)C(O)C(OC(N)=O)C1O)c1cnc[nH]1. The van der Waals surface area contributed by atoms with Crippen LogP contribution in [0.4, 0.5) is 10.6 Å². The maximum atomic E-state index is 15.3. The molecule has 3 fully saturated rings. The molecule has 3 aliphatic rings. The number of nitrogen functional groups attached to an aromatic ring is 1. The average Bonchev–Trinajstić information content (AvgIpc) is 1.58. The zero-order valence-corrected chi connectivity index (χ0v) is 63.1. The zero-order valence-electron chi connectivity index (χ0n) is 61.4. The lowest BCUT2D eigenvalue weighted by Gasteiger charge is -2.47. The van der Waals surface area contributed by atoms with Crippen LogP contribution in [0.5, 0.6) is 0 Å². The van der Waals surface area contributed by atoms with Gasteiger partial charge in [0.15, 0.2) is 37.3 Å². The normalized spacial score (nSPS) is 26.8. The van der Waals surface area contributed by atoms with E-state index in [1.807, 2.05) is 37.3 Å². The van der Waals surface area contributed by atoms with Crippen LogP contribution in [0.3, 0.4) is 0 Å². The number of hydrogen-bond donors (Lipinski definition) is 25. The van der Waals surface area contributed by atoms with Crippen molar-refractivity contribution in [2.45, 2.75) is 213 Å². The first kappa shape index (κ1) is 89.8. The molecule has 0 radical (unpaired) electrons. The first-order valence-corrected chi connectivity index (χ1v) is 37.1. The van der Waals surface area contributed by atoms with Crippen LogP contribution in [0.2, 0.25) is 0 Å². The lowest BCUT2D eigenvalue weighted by Crippen LogP contribution is -2.65. The summed E-state index contributed by atoms with van der Waals surface area (Å²) in [5, 5.41) is 144. The molecule has 8 amide bonds. The molecule has 4 aromatic heterocycles. The number of carbonyl (C=O) groups excluding carboxylic acids is 8. The minimum atomic E-state index is -2.26. The number of carbonyl (C=O) groups is 8. The van der Waals surface area contributed by atoms with E-state index in [0.717, 1.165) is 54.6 Å². The van der Waals surface area contributed by atoms with Gasteiger partial charge in [-0.05, 0) is 53.1 Å². The first-order chi connectivity index (χ1) is 53.5. The number of aliphatic hydroxyl groups excluding tert-OH is 11. The number of ether oxygens (including phenoxy) is 7. The summed E-state index contributed by atoms with van der Waals surface area (Å²) in [6.07, 6.45) is -37.2. The Bertz CT molecular complexity index is 3990. The van der Waals surface area contributed by atoms with Gasteiger partial charge in [0.25, 0.3) is 11.8 Å². The number of anilines is 1. The number of nitrogens with one attached hydrogen (secondary N) is 8. The van der Waals surface area contributed by atoms with E-state index >= 15 is 9.59 Å². The van der Waals surface area contributed by atoms with Crippen molar-refractivity contribution in [3.8, 4) is 10.7 Å². The predicted octanol–water partition coefficient (Wildman–Crippen LogP) is -8.85. The third-order valence-electron chi connectivity index (χ3n) is 18.6. The second-order valence-corrected chi connectivity index (χ2v) is 28.7. The average molecular weight is 1640 g/mol. The molecule has 624 valence electrons. The van der Waals surface area contributed by atoms with Gasteiger partial charge in [-0.15, -0.1) is 22.7 Å². The van der Waals surface area contributed by atoms with E-state index in [9.17, 15) is 84.9 Å². The number of benzene rings is 1. The van der Waals surface area contributed by atoms with Crippen molar-refractivity contribution >= 4 is 75.9 Å². The largest absolute Gasteiger partial charge is 0.441 e. The molecule has 5 aromatic rings. The maximum Gasteiger partial charge on any atom is 0.404 e. The highest BCUT2D eigenvalue weighted by atomic mass is 32.1. The fraction of sp³-hybridized carbons (Fsp3) is 0.591. The zero-order chi connectivity index (χ0) is 83.0. The molecule has 45 nitrogen and oxygen atoms in total. The van der Waals surface area contributed by atoms with Crippen molar-refractivity contribution in [1.29, 1.82) is 0 Å². The van der Waals surface area contributed by atoms with Crippen LogP contribution in [0.25, 0.3) is 10.7 Å². The van der Waals surface area contributed by atoms with E-state index in [-0.39, 0.29) is 38.7 Å². The second kappa shape index (κ2) is 41.0. The summed E-state index contributed by atoms with van der Waals surface area (Å²) in [5.74, 6) is -8.30. The van der Waals surface area contributed by atoms with Crippen LogP contribution < -0.4 is 71.6 Å². The Labute approximate surface area is 651 Å². The number of thiazole rings is 2. The Morgan fingerprint density at radius 2 is 1.39 bits per heavy atom. The number of aromatic nitrogens is 6. The number of nitrogens with zero attached hydrogens (tertiary/aromatic N) is 5. The van der Waals surface area contributed by atoms with E-state index in [4.69, 9.17) is 67.6 Å². The maximum absolute atomic E-state index is 15.3. The van der Waals surface area contributed by atoms with Crippen LogP contribution in [0.1, 0.15) is 120 Å². The molecule has 0 spiro atoms. The smallest absolute Gasteiger partial charge is 0.404 e. The fourth-order valence-corrected chi connectivity index (χ4v) is 13.5. The van der Waals surface area contributed by atoms with Gasteiger partial charge in [-0.25, -0.2) is 29.7 Å². The summed E-state index contributed by atoms with van der Waals surface area (Å²) in [7, 11) is 0. The molecule has 47 heteroatoms. The lowest BCUT2D eigenvalue weighted by molar-refractivity contribution is -0.372. The van der Waals surface area contributed by atoms with Gasteiger partial charge in [-0.3, -0.25) is 33.6 Å². The number of aromatic amines is 1. The van der Waals surface area contributed by atoms with Crippen molar-refractivity contribution in [2.75, 3.05) is 38.6 Å². The number of amides is 8. The third-order valence-corrected chi connectivity index (χ3v) is 20.3. The number of imidazole rings is 1. The molecule has 31 N–H and O–H groups in total. The van der Waals surface area contributed by atoms with Gasteiger partial charge in [-0.1, -0.05) is 30.3 Å². The van der Waals surface area contributed by atoms with E-state index in [2.05, 4.69) is 67.1 Å². The Balaban J connectivity index is 1.04. The van der Waals surface area contributed by atoms with Crippen LogP contribution in [0.15, 0.2) is 53.6 Å². The molecule has 0 aliphatic carbocycles. The number of hydrogen-bond acceptors (Lipinski definition) is 38. The van der Waals surface area contributed by atoms with E-state index in [0.29, 0.717) is 19.5 Å². The summed E-state index contributed by atoms with van der Waals surface area (Å²) < 4.78 is 40.5. The van der Waals surface area contributed by atoms with Crippen molar-refractivity contribution in [3.05, 3.63) is 92.7 Å². The number of H-pyrrole nitrogens is 1. The van der Waals surface area contributed by atoms with Crippen LogP contribution >= 0.6 is 22.7 Å². The van der Waals surface area contributed by atoms with Gasteiger partial charge >= 0.3 is 6.09 Å². The summed E-state index contributed by atoms with van der Waals surface area (Å²) in [4.78, 5) is 132. The molecule has 26 unspecified atom stereocenters. The van der Waals surface area contributed by atoms with E-state index in [1.165, 1.54) is 24.6 Å². The highest BCUT2D eigenvalue weighted by Crippen LogP contribution is 2.36. The third kappa shape index (κ3) is 23.3. The highest BCUT2D eigenvalue weighted by Gasteiger charge is 2.54. The first-order valence-electron chi connectivity index (χ1n) is 35.4. The molecule has 1 aromatic carbocycles. The number of aliphatic hydroxyl groups is 11. The summed E-state index contributed by atoms with van der Waals surface area (Å²) in [5.41, 5.74) is 34.6. The Morgan fingerprint density at radius 3 is 2.04 bits per heavy atom. The fourth-order valence-electron chi connectivity index (χ4n) is 11.9. The summed E-state index contributed by atoms with van der Waals surface area (Å²) in [6, 6.07) is 0.231. The van der Waals surface area contributed by atoms with Crippen molar-refractivity contribution < 1.29 is 128 Å². The second-order valence-electron chi connectivity index (χ2n) is 26.9. The van der Waals surface area contributed by atoms with Gasteiger partial charge in [0, 0.05) is 41.9 Å². The van der Waals surface area contributed by atoms with E-state index < -0.39 is 250 Å². The van der Waals surface area contributed by atoms with Gasteiger partial charge in [0.2, 0.25) is 29.5 Å². The highest BCUT2D eigenvalue weighted by molar-refractivity contribution is 7.14. The van der Waals surface area contributed by atoms with Crippen LogP contribution in [-0.2, 0) is 57.1 Å². The molecular formula is C66H97N19O26S2. The monoisotopic (exact) mass is 1640 g/mol. The van der Waals surface area contributed by atoms with Gasteiger partial charge in [-0.2, -0.15) is 0 Å². The molecule has 3 saturated heterocycles. The summed E-state index contributed by atoms with van der Waals surface area (Å²) >= 11 is 1.90. The minimum Gasteiger partial charge on any atom is -0.441 e. The molecule has 3 aliphatic heterocycles. The van der Waals surface area contributed by atoms with Crippen LogP contribution in [0, 0.1) is 6.92 Å². The van der Waals surface area contributed by atoms with Crippen molar-refractivity contribution in [2.24, 2.45) is 28.7 Å². The number of rotatable bonds is 39. The van der Waals surface area contributed by atoms with E-state index in [1.54, 1.807) is 0 Å². The Morgan fingerprint density at radius 1 is 0.708 bits per heavy atom. The number of nitrogens with two attached hydrogens (primary N) is 6. The molecule has 0 bridgehead atoms. The number of primary amides is 3. The standard InChI is InChI=1S/C66H97N19O26S2/c1-23-40(82-55(84-53(23)70)30(14-37(68)90)76-16-29(67)54(71)99)57(101)83-42(50(31-17-73-22-77-31)108-65-52(46(95)43(92)35(18-86)107-65)109-64-48(97)51(110-66(72)104)44(93)36(19-87)106-64)59(103)78-25(3)34(89)15-38(91)81-41(26(4)88)58(102)85-60(111-63-47(96)45(94)39(69)27(5)105-63)49(98)62-80-33(21-113-62)61-79-32(20-112-61)56(100)75-13-9-12-74-24(2)28-10-7-6-8-11-28/h6-8,10-11,17,20-22,24-27,29-30,34-36,39,41-52,60,63-65,74,76,86-89,92-98H,9,12-16,18-19,67,69H2,1-5H3,(H2,68,90)(H2,71,99)(H2,72,104)(H,73,77)(H,75,100)(H,78,103)(H,81,91)(H,83,101)(H,85,102)(H2,70,82,84). The molecular weight excluding hydrogens is 1540 g/mol. The molecule has 113 heavy (non-hydrogen) atoms. The Kier molecular flexibility index (Phi) is 32.6. The summed E-state index contributed by atoms with van der Waals surface area (Å²) in [6.45, 7) is 5.44. The van der Waals surface area contributed by atoms with Gasteiger partial charge in [0.05, 0.1) is 80.3 Å². The van der Waals surface area contributed by atoms with Crippen molar-refractivity contribution in [1.82, 2.24) is 67.1 Å². The quantitative estimate of drug-likeness (QED) is 0.0128. The predicted molar refractivity (Wildman–Crippen MR) is 389 cm³/mol. The molecule has 8 rings (SSSR count). The van der Waals surface area contributed by atoms with Gasteiger partial charge < -0.3 is 166 Å². The van der Waals surface area contributed by atoms with Gasteiger partial charge in [0.1, 0.15) is 112 Å². The molecule has 26 atom stereocenters.